The third-order valence-corrected chi connectivity index (χ3v) is 6.56. The van der Waals surface area contributed by atoms with Crippen LogP contribution in [0, 0.1) is 0 Å². The minimum absolute atomic E-state index is 0.131. The molecular formula is C29H29N5O3. The first-order chi connectivity index (χ1) is 17.9. The number of carbonyl (C=O) groups excluding carboxylic acids is 2. The first-order valence-corrected chi connectivity index (χ1v) is 12.1. The molecule has 2 amide bonds. The lowest BCUT2D eigenvalue weighted by Gasteiger charge is -2.28. The standard InChI is InChI=1S/C29H29N5O3/c1-32(2)18-20-6-4-5-7-24(20)19-8-10-21(11-9-19)33-17-16-25-26(28(30)35)31-34(27(25)29(33)36)22-12-14-23(37-3)15-13-22/h4-15H,16-18H2,1-3H3,(H2,30,35). The summed E-state index contributed by atoms with van der Waals surface area (Å²) >= 11 is 0. The van der Waals surface area contributed by atoms with Crippen LogP contribution in [0.5, 0.6) is 5.75 Å². The second-order valence-corrected chi connectivity index (χ2v) is 9.30. The zero-order chi connectivity index (χ0) is 26.1. The van der Waals surface area contributed by atoms with Crippen molar-refractivity contribution < 1.29 is 14.3 Å². The molecule has 2 N–H and O–H groups in total. The lowest BCUT2D eigenvalue weighted by atomic mass is 9.98. The second kappa shape index (κ2) is 9.91. The minimum Gasteiger partial charge on any atom is -0.497 e. The van der Waals surface area contributed by atoms with Gasteiger partial charge in [0.15, 0.2) is 5.69 Å². The van der Waals surface area contributed by atoms with Crippen molar-refractivity contribution in [2.45, 2.75) is 13.0 Å². The highest BCUT2D eigenvalue weighted by atomic mass is 16.5. The molecule has 4 aromatic rings. The van der Waals surface area contributed by atoms with Crippen molar-refractivity contribution >= 4 is 17.5 Å². The Bertz CT molecular complexity index is 1460. The third-order valence-electron chi connectivity index (χ3n) is 6.56. The number of aromatic nitrogens is 2. The van der Waals surface area contributed by atoms with Crippen LogP contribution in [0.4, 0.5) is 5.69 Å². The average Bonchev–Trinajstić information content (AvgIpc) is 3.30. The van der Waals surface area contributed by atoms with Crippen LogP contribution < -0.4 is 15.4 Å². The summed E-state index contributed by atoms with van der Waals surface area (Å²) < 4.78 is 6.75. The molecule has 8 heteroatoms. The lowest BCUT2D eigenvalue weighted by Crippen LogP contribution is -2.39. The Hall–Kier alpha value is -4.43. The van der Waals surface area contributed by atoms with Gasteiger partial charge >= 0.3 is 0 Å². The Labute approximate surface area is 215 Å². The molecule has 8 nitrogen and oxygen atoms in total. The first kappa shape index (κ1) is 24.3. The van der Waals surface area contributed by atoms with Gasteiger partial charge in [0.25, 0.3) is 11.8 Å². The molecule has 0 saturated heterocycles. The number of primary amides is 1. The summed E-state index contributed by atoms with van der Waals surface area (Å²) in [5.74, 6) is -0.191. The molecule has 37 heavy (non-hydrogen) atoms. The van der Waals surface area contributed by atoms with E-state index in [9.17, 15) is 9.59 Å². The van der Waals surface area contributed by atoms with Gasteiger partial charge in [-0.05, 0) is 73.6 Å². The SMILES string of the molecule is COc1ccc(-n2nc(C(N)=O)c3c2C(=O)N(c2ccc(-c4ccccc4CN(C)C)cc2)CC3)cc1. The Morgan fingerprint density at radius 1 is 1.00 bits per heavy atom. The van der Waals surface area contributed by atoms with Crippen molar-refractivity contribution in [3.05, 3.63) is 95.3 Å². The predicted octanol–water partition coefficient (Wildman–Crippen LogP) is 3.91. The number of hydrogen-bond donors (Lipinski definition) is 1. The highest BCUT2D eigenvalue weighted by molar-refractivity contribution is 6.09. The number of carbonyl (C=O) groups is 2. The summed E-state index contributed by atoms with van der Waals surface area (Å²) in [5, 5.41) is 4.43. The van der Waals surface area contributed by atoms with E-state index in [2.05, 4.69) is 36.2 Å². The summed E-state index contributed by atoms with van der Waals surface area (Å²) in [6.07, 6.45) is 0.475. The summed E-state index contributed by atoms with van der Waals surface area (Å²) in [5.41, 5.74) is 11.6. The van der Waals surface area contributed by atoms with Crippen molar-refractivity contribution in [3.63, 3.8) is 0 Å². The Morgan fingerprint density at radius 3 is 2.32 bits per heavy atom. The van der Waals surface area contributed by atoms with Gasteiger partial charge < -0.3 is 20.3 Å². The smallest absolute Gasteiger partial charge is 0.277 e. The number of benzene rings is 3. The zero-order valence-corrected chi connectivity index (χ0v) is 21.1. The zero-order valence-electron chi connectivity index (χ0n) is 21.1. The summed E-state index contributed by atoms with van der Waals surface area (Å²) in [6.45, 7) is 1.26. The van der Waals surface area contributed by atoms with Crippen LogP contribution in [0.1, 0.15) is 32.1 Å². The molecule has 0 bridgehead atoms. The lowest BCUT2D eigenvalue weighted by molar-refractivity contribution is 0.0972. The molecule has 0 radical (unpaired) electrons. The molecule has 0 atom stereocenters. The fourth-order valence-corrected chi connectivity index (χ4v) is 4.82. The van der Waals surface area contributed by atoms with Crippen molar-refractivity contribution in [2.75, 3.05) is 32.6 Å². The molecular weight excluding hydrogens is 466 g/mol. The Balaban J connectivity index is 1.49. The normalized spacial score (nSPS) is 13.1. The fraction of sp³-hybridized carbons (Fsp3) is 0.207. The first-order valence-electron chi connectivity index (χ1n) is 12.1. The number of nitrogens with two attached hydrogens (primary N) is 1. The summed E-state index contributed by atoms with van der Waals surface area (Å²) in [4.78, 5) is 29.8. The van der Waals surface area contributed by atoms with Gasteiger partial charge in [-0.2, -0.15) is 5.10 Å². The monoisotopic (exact) mass is 495 g/mol. The number of fused-ring (bicyclic) bond motifs is 1. The number of anilines is 1. The van der Waals surface area contributed by atoms with Gasteiger partial charge in [0.1, 0.15) is 11.4 Å². The number of ether oxygens (including phenoxy) is 1. The van der Waals surface area contributed by atoms with E-state index in [0.717, 1.165) is 17.8 Å². The van der Waals surface area contributed by atoms with E-state index in [4.69, 9.17) is 10.5 Å². The fourth-order valence-electron chi connectivity index (χ4n) is 4.82. The van der Waals surface area contributed by atoms with Crippen LogP contribution in [0.25, 0.3) is 16.8 Å². The molecule has 1 aliphatic rings. The molecule has 0 saturated carbocycles. The highest BCUT2D eigenvalue weighted by Gasteiger charge is 2.34. The summed E-state index contributed by atoms with van der Waals surface area (Å²) in [6, 6.07) is 23.5. The second-order valence-electron chi connectivity index (χ2n) is 9.30. The van der Waals surface area contributed by atoms with Gasteiger partial charge in [-0.3, -0.25) is 9.59 Å². The quantitative estimate of drug-likeness (QED) is 0.420. The number of methoxy groups -OCH3 is 1. The van der Waals surface area contributed by atoms with Gasteiger partial charge in [0.05, 0.1) is 12.8 Å². The van der Waals surface area contributed by atoms with Crippen LogP contribution in [0.15, 0.2) is 72.8 Å². The van der Waals surface area contributed by atoms with E-state index in [-0.39, 0.29) is 11.6 Å². The van der Waals surface area contributed by atoms with Crippen LogP contribution >= 0.6 is 0 Å². The van der Waals surface area contributed by atoms with Gasteiger partial charge in [-0.15, -0.1) is 0 Å². The maximum absolute atomic E-state index is 13.8. The van der Waals surface area contributed by atoms with E-state index < -0.39 is 5.91 Å². The van der Waals surface area contributed by atoms with Crippen LogP contribution in [-0.4, -0.2) is 54.2 Å². The molecule has 0 aliphatic carbocycles. The molecule has 0 unspecified atom stereocenters. The van der Waals surface area contributed by atoms with Crippen LogP contribution in [0.2, 0.25) is 0 Å². The van der Waals surface area contributed by atoms with Gasteiger partial charge in [-0.1, -0.05) is 36.4 Å². The molecule has 0 fully saturated rings. The maximum atomic E-state index is 13.8. The number of hydrogen-bond acceptors (Lipinski definition) is 5. The van der Waals surface area contributed by atoms with E-state index in [1.807, 2.05) is 36.4 Å². The van der Waals surface area contributed by atoms with Crippen molar-refractivity contribution in [2.24, 2.45) is 5.73 Å². The highest BCUT2D eigenvalue weighted by Crippen LogP contribution is 2.31. The van der Waals surface area contributed by atoms with E-state index in [0.29, 0.717) is 35.7 Å². The number of amides is 2. The molecule has 0 spiro atoms. The molecule has 2 heterocycles. The van der Waals surface area contributed by atoms with Gasteiger partial charge in [0, 0.05) is 24.3 Å². The molecule has 5 rings (SSSR count). The van der Waals surface area contributed by atoms with Gasteiger partial charge in [0.2, 0.25) is 0 Å². The summed E-state index contributed by atoms with van der Waals surface area (Å²) in [7, 11) is 5.69. The third kappa shape index (κ3) is 4.59. The van der Waals surface area contributed by atoms with Crippen molar-refractivity contribution in [1.29, 1.82) is 0 Å². The van der Waals surface area contributed by atoms with Crippen LogP contribution in [0.3, 0.4) is 0 Å². The molecule has 3 aromatic carbocycles. The van der Waals surface area contributed by atoms with Crippen LogP contribution in [-0.2, 0) is 13.0 Å². The van der Waals surface area contributed by atoms with Gasteiger partial charge in [-0.25, -0.2) is 4.68 Å². The molecule has 1 aliphatic heterocycles. The molecule has 1 aromatic heterocycles. The number of nitrogens with zero attached hydrogens (tertiary/aromatic N) is 4. The predicted molar refractivity (Wildman–Crippen MR) is 143 cm³/mol. The van der Waals surface area contributed by atoms with Crippen molar-refractivity contribution in [3.8, 4) is 22.6 Å². The Morgan fingerprint density at radius 2 is 1.68 bits per heavy atom. The van der Waals surface area contributed by atoms with E-state index in [1.165, 1.54) is 15.8 Å². The Kier molecular flexibility index (Phi) is 6.50. The maximum Gasteiger partial charge on any atom is 0.277 e. The molecule has 188 valence electrons. The van der Waals surface area contributed by atoms with Crippen molar-refractivity contribution in [1.82, 2.24) is 14.7 Å². The minimum atomic E-state index is -0.648. The van der Waals surface area contributed by atoms with E-state index in [1.54, 1.807) is 36.3 Å². The topological polar surface area (TPSA) is 93.7 Å². The average molecular weight is 496 g/mol. The van der Waals surface area contributed by atoms with E-state index >= 15 is 0 Å². The number of rotatable bonds is 7. The largest absolute Gasteiger partial charge is 0.497 e.